The number of nitrogens with one attached hydrogen (secondary N) is 1. The van der Waals surface area contributed by atoms with E-state index in [0.29, 0.717) is 16.9 Å². The van der Waals surface area contributed by atoms with Gasteiger partial charge in [0, 0.05) is 0 Å². The van der Waals surface area contributed by atoms with E-state index in [1.807, 2.05) is 0 Å². The highest BCUT2D eigenvalue weighted by molar-refractivity contribution is 5.96. The topological polar surface area (TPSA) is 115 Å². The monoisotopic (exact) mass is 253 g/mol. The molecule has 0 aliphatic rings. The molecule has 0 spiro atoms. The summed E-state index contributed by atoms with van der Waals surface area (Å²) >= 11 is 0. The second kappa shape index (κ2) is 5.97. The van der Waals surface area contributed by atoms with Crippen molar-refractivity contribution < 1.29 is 19.4 Å². The van der Waals surface area contributed by atoms with Crippen LogP contribution in [0.15, 0.2) is 12.3 Å². The number of carbonyl (C=O) groups excluding carboxylic acids is 2. The smallest absolute Gasteiger partial charge is 0.336 e. The molecular formula is C11H15N3O4. The van der Waals surface area contributed by atoms with Crippen molar-refractivity contribution in [3.05, 3.63) is 23.5 Å². The first kappa shape index (κ1) is 13.9. The number of aliphatic hydroxyl groups excluding tert-OH is 1. The lowest BCUT2D eigenvalue weighted by molar-refractivity contribution is -0.149. The Morgan fingerprint density at radius 1 is 1.61 bits per heavy atom. The summed E-state index contributed by atoms with van der Waals surface area (Å²) in [5.74, 6) is -1.27. The average molecular weight is 253 g/mol. The number of aliphatic hydroxyl groups is 1. The number of methoxy groups -OCH3 is 1. The largest absolute Gasteiger partial charge is 0.467 e. The molecule has 0 radical (unpaired) electrons. The lowest BCUT2D eigenvalue weighted by Crippen LogP contribution is -2.37. The number of ether oxygens (including phenoxy) is 1. The molecule has 18 heavy (non-hydrogen) atoms. The summed E-state index contributed by atoms with van der Waals surface area (Å²) in [7, 11) is 1.15. The van der Waals surface area contributed by atoms with Gasteiger partial charge in [0.1, 0.15) is 0 Å². The molecule has 98 valence electrons. The van der Waals surface area contributed by atoms with Crippen LogP contribution in [0.25, 0.3) is 0 Å². The van der Waals surface area contributed by atoms with Crippen LogP contribution in [0.5, 0.6) is 0 Å². The number of aromatic nitrogens is 1. The Hall–Kier alpha value is -2.15. The molecule has 1 amide bonds. The van der Waals surface area contributed by atoms with Gasteiger partial charge in [0.25, 0.3) is 5.91 Å². The van der Waals surface area contributed by atoms with Gasteiger partial charge in [-0.1, -0.05) is 0 Å². The fraction of sp³-hybridized carbons (Fsp3) is 0.364. The first-order valence-electron chi connectivity index (χ1n) is 5.22. The molecule has 0 aliphatic heterocycles. The zero-order valence-corrected chi connectivity index (χ0v) is 10.1. The number of hydrogen-bond donors (Lipinski definition) is 3. The number of esters is 1. The van der Waals surface area contributed by atoms with Gasteiger partial charge in [-0.3, -0.25) is 9.78 Å². The zero-order chi connectivity index (χ0) is 13.7. The first-order valence-corrected chi connectivity index (χ1v) is 5.22. The minimum absolute atomic E-state index is 0.236. The van der Waals surface area contributed by atoms with Crippen LogP contribution >= 0.6 is 0 Å². The molecule has 0 aromatic carbocycles. The van der Waals surface area contributed by atoms with Crippen LogP contribution in [0.3, 0.4) is 0 Å². The summed E-state index contributed by atoms with van der Waals surface area (Å²) in [6.45, 7) is 1.42. The zero-order valence-electron chi connectivity index (χ0n) is 10.1. The fourth-order valence-corrected chi connectivity index (χ4v) is 1.28. The number of anilines is 1. The first-order chi connectivity index (χ1) is 8.45. The fourth-order valence-electron chi connectivity index (χ4n) is 1.28. The molecule has 7 heteroatoms. The van der Waals surface area contributed by atoms with Crippen LogP contribution in [0.1, 0.15) is 16.1 Å². The molecule has 0 saturated heterocycles. The van der Waals surface area contributed by atoms with E-state index in [2.05, 4.69) is 15.0 Å². The van der Waals surface area contributed by atoms with Crippen molar-refractivity contribution in [3.8, 4) is 0 Å². The van der Waals surface area contributed by atoms with E-state index in [1.54, 1.807) is 6.92 Å². The summed E-state index contributed by atoms with van der Waals surface area (Å²) in [6.07, 6.45) is 0.0448. The van der Waals surface area contributed by atoms with E-state index in [9.17, 15) is 14.7 Å². The molecule has 0 saturated carbocycles. The predicted molar refractivity (Wildman–Crippen MR) is 63.7 cm³/mol. The van der Waals surface area contributed by atoms with E-state index < -0.39 is 18.0 Å². The summed E-state index contributed by atoms with van der Waals surface area (Å²) in [4.78, 5) is 26.6. The molecule has 1 aromatic heterocycles. The normalized spacial score (nSPS) is 11.7. The number of nitrogen functional groups attached to an aromatic ring is 1. The predicted octanol–water partition coefficient (Wildman–Crippen LogP) is -0.764. The molecule has 1 heterocycles. The number of nitrogens with two attached hydrogens (primary N) is 1. The third-order valence-corrected chi connectivity index (χ3v) is 2.28. The van der Waals surface area contributed by atoms with E-state index in [-0.39, 0.29) is 6.54 Å². The molecule has 0 bridgehead atoms. The van der Waals surface area contributed by atoms with Crippen LogP contribution < -0.4 is 11.1 Å². The number of amides is 1. The Labute approximate surface area is 104 Å². The van der Waals surface area contributed by atoms with Gasteiger partial charge in [0.2, 0.25) is 0 Å². The second-order valence-electron chi connectivity index (χ2n) is 3.65. The lowest BCUT2D eigenvalue weighted by atomic mass is 10.2. The van der Waals surface area contributed by atoms with Crippen LogP contribution in [0.2, 0.25) is 0 Å². The number of pyridine rings is 1. The highest BCUT2D eigenvalue weighted by Gasteiger charge is 2.17. The third-order valence-electron chi connectivity index (χ3n) is 2.28. The lowest BCUT2D eigenvalue weighted by Gasteiger charge is -2.11. The Kier molecular flexibility index (Phi) is 4.61. The van der Waals surface area contributed by atoms with E-state index in [0.717, 1.165) is 7.11 Å². The summed E-state index contributed by atoms with van der Waals surface area (Å²) in [5.41, 5.74) is 6.69. The minimum Gasteiger partial charge on any atom is -0.467 e. The van der Waals surface area contributed by atoms with Gasteiger partial charge < -0.3 is 20.9 Å². The maximum absolute atomic E-state index is 11.8. The molecule has 0 fully saturated rings. The number of rotatable bonds is 4. The Balaban J connectivity index is 2.66. The molecule has 1 aromatic rings. The third kappa shape index (κ3) is 3.42. The van der Waals surface area contributed by atoms with Crippen LogP contribution in [-0.2, 0) is 9.53 Å². The number of aryl methyl sites for hydroxylation is 1. The average Bonchev–Trinajstić information content (AvgIpc) is 2.37. The van der Waals surface area contributed by atoms with Gasteiger partial charge in [0.05, 0.1) is 36.8 Å². The Bertz CT molecular complexity index is 462. The van der Waals surface area contributed by atoms with Crippen molar-refractivity contribution in [2.45, 2.75) is 13.0 Å². The van der Waals surface area contributed by atoms with Gasteiger partial charge in [0.15, 0.2) is 6.10 Å². The van der Waals surface area contributed by atoms with E-state index in [1.165, 1.54) is 12.3 Å². The highest BCUT2D eigenvalue weighted by atomic mass is 16.5. The summed E-state index contributed by atoms with van der Waals surface area (Å²) in [5, 5.41) is 11.7. The van der Waals surface area contributed by atoms with E-state index in [4.69, 9.17) is 5.73 Å². The van der Waals surface area contributed by atoms with Crippen LogP contribution in [-0.4, -0.2) is 41.7 Å². The SMILES string of the molecule is COC(=O)C(O)CNC(=O)c1cc(N)cnc1C. The molecule has 7 nitrogen and oxygen atoms in total. The molecule has 1 unspecified atom stereocenters. The molecule has 1 atom stereocenters. The van der Waals surface area contributed by atoms with Crippen LogP contribution in [0.4, 0.5) is 5.69 Å². The molecule has 0 aliphatic carbocycles. The standard InChI is InChI=1S/C11H15N3O4/c1-6-8(3-7(12)4-13-6)10(16)14-5-9(15)11(17)18-2/h3-4,9,15H,5,12H2,1-2H3,(H,14,16). The highest BCUT2D eigenvalue weighted by Crippen LogP contribution is 2.09. The molecular weight excluding hydrogens is 238 g/mol. The summed E-state index contributed by atoms with van der Waals surface area (Å²) < 4.78 is 4.32. The number of hydrogen-bond acceptors (Lipinski definition) is 6. The van der Waals surface area contributed by atoms with Crippen molar-refractivity contribution in [1.82, 2.24) is 10.3 Å². The minimum atomic E-state index is -1.40. The van der Waals surface area contributed by atoms with Crippen LogP contribution in [0, 0.1) is 6.92 Å². The Morgan fingerprint density at radius 3 is 2.89 bits per heavy atom. The van der Waals surface area contributed by atoms with Gasteiger partial charge in [-0.05, 0) is 13.0 Å². The second-order valence-corrected chi connectivity index (χ2v) is 3.65. The summed E-state index contributed by atoms with van der Waals surface area (Å²) in [6, 6.07) is 1.47. The maximum atomic E-state index is 11.8. The number of nitrogens with zero attached hydrogens (tertiary/aromatic N) is 1. The van der Waals surface area contributed by atoms with Crippen molar-refractivity contribution in [1.29, 1.82) is 0 Å². The van der Waals surface area contributed by atoms with Gasteiger partial charge in [-0.25, -0.2) is 4.79 Å². The van der Waals surface area contributed by atoms with Crippen molar-refractivity contribution >= 4 is 17.6 Å². The van der Waals surface area contributed by atoms with Crippen molar-refractivity contribution in [2.75, 3.05) is 19.4 Å². The Morgan fingerprint density at radius 2 is 2.28 bits per heavy atom. The van der Waals surface area contributed by atoms with Gasteiger partial charge in [-0.2, -0.15) is 0 Å². The van der Waals surface area contributed by atoms with Gasteiger partial charge in [-0.15, -0.1) is 0 Å². The van der Waals surface area contributed by atoms with Crippen molar-refractivity contribution in [3.63, 3.8) is 0 Å². The number of carbonyl (C=O) groups is 2. The van der Waals surface area contributed by atoms with Gasteiger partial charge >= 0.3 is 5.97 Å². The quantitative estimate of drug-likeness (QED) is 0.607. The molecule has 4 N–H and O–H groups in total. The van der Waals surface area contributed by atoms with Crippen molar-refractivity contribution in [2.24, 2.45) is 0 Å². The molecule has 1 rings (SSSR count). The van der Waals surface area contributed by atoms with E-state index >= 15 is 0 Å². The maximum Gasteiger partial charge on any atom is 0.336 e.